The summed E-state index contributed by atoms with van der Waals surface area (Å²) in [5, 5.41) is 3.76. The number of sulfonamides is 1. The lowest BCUT2D eigenvalue weighted by atomic mass is 10.1. The van der Waals surface area contributed by atoms with Crippen LogP contribution in [0.1, 0.15) is 26.3 Å². The van der Waals surface area contributed by atoms with Crippen molar-refractivity contribution in [2.45, 2.75) is 39.4 Å². The molecule has 0 saturated carbocycles. The summed E-state index contributed by atoms with van der Waals surface area (Å²) >= 11 is 18.4. The van der Waals surface area contributed by atoms with Crippen molar-refractivity contribution in [3.8, 4) is 5.75 Å². The van der Waals surface area contributed by atoms with E-state index in [-0.39, 0.29) is 29.0 Å². The van der Waals surface area contributed by atoms with Crippen molar-refractivity contribution in [3.63, 3.8) is 0 Å². The molecule has 192 valence electrons. The van der Waals surface area contributed by atoms with E-state index in [2.05, 4.69) is 5.32 Å². The lowest BCUT2D eigenvalue weighted by Crippen LogP contribution is -2.52. The number of benzene rings is 2. The van der Waals surface area contributed by atoms with Gasteiger partial charge in [0.15, 0.2) is 0 Å². The Labute approximate surface area is 221 Å². The highest BCUT2D eigenvalue weighted by Gasteiger charge is 2.31. The lowest BCUT2D eigenvalue weighted by molar-refractivity contribution is -0.139. The Hall–Kier alpha value is -2.20. The molecule has 0 bridgehead atoms. The zero-order valence-electron chi connectivity index (χ0n) is 20.0. The van der Waals surface area contributed by atoms with E-state index in [1.807, 2.05) is 0 Å². The fourth-order valence-electron chi connectivity index (χ4n) is 3.27. The zero-order valence-corrected chi connectivity index (χ0v) is 23.1. The van der Waals surface area contributed by atoms with Crippen LogP contribution in [0.25, 0.3) is 0 Å². The molecule has 35 heavy (non-hydrogen) atoms. The third kappa shape index (κ3) is 7.90. The average molecular weight is 565 g/mol. The highest BCUT2D eigenvalue weighted by molar-refractivity contribution is 7.92. The maximum atomic E-state index is 13.6. The molecule has 0 aliphatic heterocycles. The van der Waals surface area contributed by atoms with Gasteiger partial charge in [-0.05, 0) is 56.7 Å². The molecular weight excluding hydrogens is 537 g/mol. The Kier molecular flexibility index (Phi) is 10.1. The van der Waals surface area contributed by atoms with Gasteiger partial charge in [0.05, 0.1) is 19.1 Å². The highest BCUT2D eigenvalue weighted by atomic mass is 35.5. The van der Waals surface area contributed by atoms with Crippen molar-refractivity contribution in [2.75, 3.05) is 24.2 Å². The van der Waals surface area contributed by atoms with Gasteiger partial charge in [-0.1, -0.05) is 40.9 Å². The minimum Gasteiger partial charge on any atom is -0.495 e. The Morgan fingerprint density at radius 2 is 1.63 bits per heavy atom. The van der Waals surface area contributed by atoms with E-state index >= 15 is 0 Å². The molecule has 0 aromatic heterocycles. The topological polar surface area (TPSA) is 96.0 Å². The Morgan fingerprint density at radius 1 is 1.03 bits per heavy atom. The molecule has 12 heteroatoms. The highest BCUT2D eigenvalue weighted by Crippen LogP contribution is 2.33. The van der Waals surface area contributed by atoms with E-state index < -0.39 is 34.4 Å². The Morgan fingerprint density at radius 3 is 2.17 bits per heavy atom. The number of carbonyl (C=O) groups excluding carboxylic acids is 2. The van der Waals surface area contributed by atoms with Crippen LogP contribution in [0.5, 0.6) is 5.75 Å². The second kappa shape index (κ2) is 12.2. The van der Waals surface area contributed by atoms with Crippen LogP contribution in [0.3, 0.4) is 0 Å². The number of ether oxygens (including phenoxy) is 1. The number of nitrogens with one attached hydrogen (secondary N) is 1. The van der Waals surface area contributed by atoms with Crippen LogP contribution in [-0.2, 0) is 26.2 Å². The van der Waals surface area contributed by atoms with E-state index in [0.29, 0.717) is 15.6 Å². The molecule has 8 nitrogen and oxygen atoms in total. The smallest absolute Gasteiger partial charge is 0.244 e. The molecule has 2 amide bonds. The zero-order chi connectivity index (χ0) is 26.5. The van der Waals surface area contributed by atoms with Gasteiger partial charge in [-0.15, -0.1) is 0 Å². The molecule has 0 saturated heterocycles. The number of anilines is 1. The van der Waals surface area contributed by atoms with E-state index in [1.165, 1.54) is 30.2 Å². The van der Waals surface area contributed by atoms with E-state index in [9.17, 15) is 18.0 Å². The number of nitrogens with zero attached hydrogens (tertiary/aromatic N) is 2. The number of carbonyl (C=O) groups is 2. The SMILES string of the molecule is COc1ccc(Cl)cc1N(CC(=O)N(Cc1ccc(Cl)cc1Cl)[C@H](C)C(=O)NC(C)C)S(C)(=O)=O. The van der Waals surface area contributed by atoms with Crippen LogP contribution in [0.2, 0.25) is 15.1 Å². The van der Waals surface area contributed by atoms with Crippen LogP contribution >= 0.6 is 34.8 Å². The molecule has 0 spiro atoms. The number of methoxy groups -OCH3 is 1. The molecule has 1 atom stereocenters. The molecule has 0 unspecified atom stereocenters. The summed E-state index contributed by atoms with van der Waals surface area (Å²) in [5.41, 5.74) is 0.638. The first kappa shape index (κ1) is 29.0. The molecule has 2 rings (SSSR count). The van der Waals surface area contributed by atoms with Gasteiger partial charge in [0.1, 0.15) is 18.3 Å². The van der Waals surface area contributed by atoms with E-state index in [0.717, 1.165) is 10.6 Å². The number of rotatable bonds is 10. The minimum absolute atomic E-state index is 0.0498. The average Bonchev–Trinajstić information content (AvgIpc) is 2.75. The summed E-state index contributed by atoms with van der Waals surface area (Å²) in [6.07, 6.45) is 0.968. The van der Waals surface area contributed by atoms with Crippen LogP contribution in [0, 0.1) is 0 Å². The summed E-state index contributed by atoms with van der Waals surface area (Å²) in [7, 11) is -2.57. The Bertz CT molecular complexity index is 1190. The van der Waals surface area contributed by atoms with Crippen molar-refractivity contribution in [3.05, 3.63) is 57.0 Å². The number of amides is 2. The van der Waals surface area contributed by atoms with Gasteiger partial charge in [0.25, 0.3) is 0 Å². The first-order valence-corrected chi connectivity index (χ1v) is 13.6. The molecule has 0 fully saturated rings. The molecule has 0 aliphatic carbocycles. The predicted octanol–water partition coefficient (Wildman–Crippen LogP) is 4.36. The van der Waals surface area contributed by atoms with Gasteiger partial charge in [0.2, 0.25) is 21.8 Å². The first-order chi connectivity index (χ1) is 16.2. The van der Waals surface area contributed by atoms with E-state index in [1.54, 1.807) is 39.0 Å². The van der Waals surface area contributed by atoms with Gasteiger partial charge in [0, 0.05) is 27.7 Å². The Balaban J connectivity index is 2.50. The quantitative estimate of drug-likeness (QED) is 0.463. The maximum Gasteiger partial charge on any atom is 0.244 e. The van der Waals surface area contributed by atoms with Gasteiger partial charge in [-0.25, -0.2) is 8.42 Å². The van der Waals surface area contributed by atoms with Crippen LogP contribution in [0.4, 0.5) is 5.69 Å². The van der Waals surface area contributed by atoms with Gasteiger partial charge in [-0.2, -0.15) is 0 Å². The third-order valence-corrected chi connectivity index (χ3v) is 6.99. The van der Waals surface area contributed by atoms with Crippen molar-refractivity contribution in [2.24, 2.45) is 0 Å². The maximum absolute atomic E-state index is 13.6. The first-order valence-electron chi connectivity index (χ1n) is 10.6. The van der Waals surface area contributed by atoms with Crippen molar-refractivity contribution < 1.29 is 22.7 Å². The number of hydrogen-bond donors (Lipinski definition) is 1. The molecular formula is C23H28Cl3N3O5S. The summed E-state index contributed by atoms with van der Waals surface area (Å²) in [4.78, 5) is 27.6. The second-order valence-electron chi connectivity index (χ2n) is 8.18. The molecule has 2 aromatic carbocycles. The van der Waals surface area contributed by atoms with Crippen LogP contribution < -0.4 is 14.4 Å². The number of halogens is 3. The standard InChI is InChI=1S/C23H28Cl3N3O5S/c1-14(2)27-23(31)15(3)28(12-16-6-7-17(24)10-19(16)26)22(30)13-29(35(5,32)33)20-11-18(25)8-9-21(20)34-4/h6-11,14-15H,12-13H2,1-5H3,(H,27,31)/t15-/m1/s1. The van der Waals surface area contributed by atoms with Crippen LogP contribution in [0.15, 0.2) is 36.4 Å². The minimum atomic E-state index is -3.94. The number of hydrogen-bond acceptors (Lipinski definition) is 5. The second-order valence-corrected chi connectivity index (χ2v) is 11.4. The van der Waals surface area contributed by atoms with Gasteiger partial charge in [-0.3, -0.25) is 13.9 Å². The summed E-state index contributed by atoms with van der Waals surface area (Å²) in [5.74, 6) is -0.815. The molecule has 0 aliphatic rings. The summed E-state index contributed by atoms with van der Waals surface area (Å²) < 4.78 is 31.6. The third-order valence-electron chi connectivity index (χ3n) is 5.04. The lowest BCUT2D eigenvalue weighted by Gasteiger charge is -2.32. The largest absolute Gasteiger partial charge is 0.495 e. The molecule has 1 N–H and O–H groups in total. The predicted molar refractivity (Wildman–Crippen MR) is 140 cm³/mol. The molecule has 2 aromatic rings. The van der Waals surface area contributed by atoms with E-state index in [4.69, 9.17) is 39.5 Å². The summed E-state index contributed by atoms with van der Waals surface area (Å²) in [6.45, 7) is 4.50. The van der Waals surface area contributed by atoms with Crippen molar-refractivity contribution in [1.29, 1.82) is 0 Å². The fourth-order valence-corrected chi connectivity index (χ4v) is 4.75. The molecule has 0 radical (unpaired) electrons. The van der Waals surface area contributed by atoms with Crippen LogP contribution in [-0.4, -0.2) is 57.1 Å². The van der Waals surface area contributed by atoms with Gasteiger partial charge >= 0.3 is 0 Å². The molecule has 0 heterocycles. The van der Waals surface area contributed by atoms with Gasteiger partial charge < -0.3 is 15.0 Å². The van der Waals surface area contributed by atoms with Crippen molar-refractivity contribution in [1.82, 2.24) is 10.2 Å². The fraction of sp³-hybridized carbons (Fsp3) is 0.391. The summed E-state index contributed by atoms with van der Waals surface area (Å²) in [6, 6.07) is 8.13. The van der Waals surface area contributed by atoms with Crippen molar-refractivity contribution >= 4 is 62.3 Å². The normalized spacial score (nSPS) is 12.3. The monoisotopic (exact) mass is 563 g/mol.